The number of allylic oxidation sites excluding steroid dienone is 1. The Bertz CT molecular complexity index is 879. The van der Waals surface area contributed by atoms with E-state index in [2.05, 4.69) is 0 Å². The lowest BCUT2D eigenvalue weighted by molar-refractivity contribution is -0.117. The van der Waals surface area contributed by atoms with E-state index < -0.39 is 5.97 Å². The Balaban J connectivity index is 0.000000155. The van der Waals surface area contributed by atoms with Crippen molar-refractivity contribution in [3.63, 3.8) is 0 Å². The topological polar surface area (TPSA) is 80.5 Å². The summed E-state index contributed by atoms with van der Waals surface area (Å²) in [4.78, 5) is 40.7. The van der Waals surface area contributed by atoms with E-state index in [9.17, 15) is 14.4 Å². The van der Waals surface area contributed by atoms with E-state index >= 15 is 0 Å². The van der Waals surface area contributed by atoms with Gasteiger partial charge >= 0.3 is 5.97 Å². The number of carbonyl (C=O) groups is 3. The summed E-state index contributed by atoms with van der Waals surface area (Å²) in [7, 11) is 0. The quantitative estimate of drug-likeness (QED) is 0.614. The van der Waals surface area contributed by atoms with Gasteiger partial charge in [-0.15, -0.1) is 0 Å². The lowest BCUT2D eigenvalue weighted by Gasteiger charge is -2.21. The maximum Gasteiger partial charge on any atom is 0.335 e. The van der Waals surface area contributed by atoms with Gasteiger partial charge in [0.05, 0.1) is 11.3 Å². The van der Waals surface area contributed by atoms with Crippen LogP contribution >= 0.6 is 11.6 Å². The summed E-state index contributed by atoms with van der Waals surface area (Å²) in [6.45, 7) is 5.41. The first-order valence-corrected chi connectivity index (χ1v) is 9.12. The molecule has 0 spiro atoms. The third-order valence-corrected chi connectivity index (χ3v) is 4.83. The van der Waals surface area contributed by atoms with Gasteiger partial charge in [0.25, 0.3) is 0 Å². The van der Waals surface area contributed by atoms with Crippen molar-refractivity contribution < 1.29 is 19.5 Å². The maximum atomic E-state index is 12.4. The lowest BCUT2D eigenvalue weighted by Crippen LogP contribution is -2.29. The van der Waals surface area contributed by atoms with Crippen LogP contribution in [-0.4, -0.2) is 76.6 Å². The fourth-order valence-corrected chi connectivity index (χ4v) is 2.99. The molecule has 3 aliphatic heterocycles. The molecule has 5 rings (SSSR count). The summed E-state index contributed by atoms with van der Waals surface area (Å²) >= 11 is 5.52. The molecule has 8 heteroatoms. The van der Waals surface area contributed by atoms with E-state index in [1.165, 1.54) is 18.2 Å². The Morgan fingerprint density at radius 1 is 0.852 bits per heavy atom. The smallest absolute Gasteiger partial charge is 0.335 e. The maximum absolute atomic E-state index is 12.4. The number of carboxylic acid groups (broad SMARTS) is 1. The van der Waals surface area contributed by atoms with Gasteiger partial charge in [-0.1, -0.05) is 11.6 Å². The zero-order chi connectivity index (χ0) is 19.1. The summed E-state index contributed by atoms with van der Waals surface area (Å²) in [6.07, 6.45) is 1.52. The molecule has 0 aromatic heterocycles. The van der Waals surface area contributed by atoms with Crippen molar-refractivity contribution in [3.8, 4) is 0 Å². The van der Waals surface area contributed by atoms with Crippen LogP contribution in [0.4, 0.5) is 0 Å². The van der Waals surface area contributed by atoms with Crippen molar-refractivity contribution in [1.29, 1.82) is 0 Å². The van der Waals surface area contributed by atoms with E-state index in [1.807, 2.05) is 14.7 Å². The van der Waals surface area contributed by atoms with Crippen LogP contribution in [0.1, 0.15) is 10.4 Å². The molecule has 0 bridgehead atoms. The number of hydrogen-bond donors (Lipinski definition) is 1. The van der Waals surface area contributed by atoms with Crippen LogP contribution in [0.2, 0.25) is 5.02 Å². The van der Waals surface area contributed by atoms with Gasteiger partial charge in [-0.05, 0) is 24.3 Å². The van der Waals surface area contributed by atoms with Gasteiger partial charge in [0.15, 0.2) is 0 Å². The Hall–Kier alpha value is -2.80. The number of aromatic carboxylic acids is 1. The van der Waals surface area contributed by atoms with Crippen LogP contribution in [0.5, 0.6) is 0 Å². The van der Waals surface area contributed by atoms with Gasteiger partial charge in [-0.3, -0.25) is 9.59 Å². The Kier molecular flexibility index (Phi) is 4.39. The number of nitrogens with zero attached hydrogens (tertiary/aromatic N) is 3. The number of benzene rings is 1. The molecule has 27 heavy (non-hydrogen) atoms. The van der Waals surface area contributed by atoms with Gasteiger partial charge in [0.2, 0.25) is 11.6 Å². The monoisotopic (exact) mass is 387 g/mol. The molecule has 3 fully saturated rings. The molecule has 0 unspecified atom stereocenters. The molecule has 7 nitrogen and oxygen atoms in total. The average molecular weight is 388 g/mol. The fourth-order valence-electron chi connectivity index (χ4n) is 2.87. The number of carbonyl (C=O) groups excluding carboxylic acids is 2. The largest absolute Gasteiger partial charge is 0.478 e. The molecular formula is C19H18ClN3O4. The van der Waals surface area contributed by atoms with Crippen LogP contribution in [0, 0.1) is 0 Å². The highest BCUT2D eigenvalue weighted by molar-refractivity contribution is 6.30. The van der Waals surface area contributed by atoms with Crippen LogP contribution in [0.25, 0.3) is 0 Å². The Morgan fingerprint density at radius 2 is 1.37 bits per heavy atom. The average Bonchev–Trinajstić information content (AvgIpc) is 3.48. The number of hydrogen-bond acceptors (Lipinski definition) is 6. The first kappa shape index (κ1) is 17.6. The molecule has 140 valence electrons. The number of Topliss-reactive ketones (excluding diaryl/α,β-unsaturated/α-hetero) is 1. The van der Waals surface area contributed by atoms with Crippen LogP contribution in [0.3, 0.4) is 0 Å². The van der Waals surface area contributed by atoms with Crippen molar-refractivity contribution in [2.24, 2.45) is 0 Å². The second-order valence-electron chi connectivity index (χ2n) is 6.69. The zero-order valence-corrected chi connectivity index (χ0v) is 15.3. The van der Waals surface area contributed by atoms with Crippen molar-refractivity contribution >= 4 is 29.1 Å². The second kappa shape index (κ2) is 6.74. The molecule has 3 saturated heterocycles. The number of halogens is 1. The molecule has 1 aromatic rings. The van der Waals surface area contributed by atoms with Gasteiger partial charge in [0.1, 0.15) is 11.4 Å². The standard InChI is InChI=1S/C12H13N3O2.C7H5ClO2/c16-9-7-8(13-1-2-13)12(17)11(15-5-6-15)10(9)14-3-4-14;8-6-3-1-5(2-4-6)7(9)10/h7H,1-6H2;1-4H,(H,9,10). The highest BCUT2D eigenvalue weighted by Gasteiger charge is 2.43. The first-order chi connectivity index (χ1) is 13.0. The SMILES string of the molecule is O=C(O)c1ccc(Cl)cc1.O=C1C=C(N2CC2)C(=O)C(N2CC2)=C1N1CC1. The van der Waals surface area contributed by atoms with Gasteiger partial charge in [0, 0.05) is 50.4 Å². The van der Waals surface area contributed by atoms with Crippen molar-refractivity contribution in [1.82, 2.24) is 14.7 Å². The Morgan fingerprint density at radius 3 is 1.85 bits per heavy atom. The predicted octanol–water partition coefficient (Wildman–Crippen LogP) is 1.22. The fraction of sp³-hybridized carbons (Fsp3) is 0.316. The third kappa shape index (κ3) is 3.83. The van der Waals surface area contributed by atoms with E-state index in [0.29, 0.717) is 22.1 Å². The van der Waals surface area contributed by atoms with E-state index in [0.717, 1.165) is 39.3 Å². The summed E-state index contributed by atoms with van der Waals surface area (Å²) in [5, 5.41) is 8.98. The minimum atomic E-state index is -0.934. The third-order valence-electron chi connectivity index (χ3n) is 4.58. The van der Waals surface area contributed by atoms with E-state index in [-0.39, 0.29) is 17.1 Å². The molecule has 0 saturated carbocycles. The molecule has 0 atom stereocenters. The second-order valence-corrected chi connectivity index (χ2v) is 7.13. The summed E-state index contributed by atoms with van der Waals surface area (Å²) in [5.41, 5.74) is 2.14. The molecular weight excluding hydrogens is 370 g/mol. The lowest BCUT2D eigenvalue weighted by atomic mass is 10.0. The number of ketones is 2. The Labute approximate surface area is 161 Å². The van der Waals surface area contributed by atoms with Crippen molar-refractivity contribution in [2.45, 2.75) is 0 Å². The highest BCUT2D eigenvalue weighted by atomic mass is 35.5. The van der Waals surface area contributed by atoms with Crippen LogP contribution in [0.15, 0.2) is 47.4 Å². The zero-order valence-electron chi connectivity index (χ0n) is 14.5. The summed E-state index contributed by atoms with van der Waals surface area (Å²) in [5.74, 6) is -0.885. The molecule has 1 aliphatic carbocycles. The normalized spacial score (nSPS) is 20.2. The van der Waals surface area contributed by atoms with Crippen molar-refractivity contribution in [3.05, 3.63) is 58.0 Å². The summed E-state index contributed by atoms with van der Waals surface area (Å²) in [6, 6.07) is 6.02. The summed E-state index contributed by atoms with van der Waals surface area (Å²) < 4.78 is 0. The van der Waals surface area contributed by atoms with Crippen molar-refractivity contribution in [2.75, 3.05) is 39.3 Å². The van der Waals surface area contributed by atoms with E-state index in [4.69, 9.17) is 16.7 Å². The minimum absolute atomic E-state index is 0.00546. The highest BCUT2D eigenvalue weighted by Crippen LogP contribution is 2.33. The molecule has 3 heterocycles. The van der Waals surface area contributed by atoms with Gasteiger partial charge < -0.3 is 19.8 Å². The van der Waals surface area contributed by atoms with E-state index in [1.54, 1.807) is 12.1 Å². The molecule has 0 radical (unpaired) electrons. The molecule has 4 aliphatic rings. The van der Waals surface area contributed by atoms with Gasteiger partial charge in [-0.25, -0.2) is 4.79 Å². The number of rotatable bonds is 4. The predicted molar refractivity (Wildman–Crippen MR) is 98.3 cm³/mol. The van der Waals surface area contributed by atoms with Gasteiger partial charge in [-0.2, -0.15) is 0 Å². The first-order valence-electron chi connectivity index (χ1n) is 8.74. The van der Waals surface area contributed by atoms with Crippen LogP contribution in [-0.2, 0) is 9.59 Å². The minimum Gasteiger partial charge on any atom is -0.478 e. The number of carboxylic acids is 1. The molecule has 1 aromatic carbocycles. The van der Waals surface area contributed by atoms with Crippen LogP contribution < -0.4 is 0 Å². The molecule has 0 amide bonds. The molecule has 1 N–H and O–H groups in total.